The molecular formula is C18H24N4O. The molecule has 122 valence electrons. The number of aryl methyl sites for hydroxylation is 2. The molecule has 0 aliphatic heterocycles. The molecule has 0 saturated carbocycles. The maximum atomic E-state index is 12.2. The van der Waals surface area contributed by atoms with Crippen LogP contribution in [0.3, 0.4) is 0 Å². The predicted molar refractivity (Wildman–Crippen MR) is 91.1 cm³/mol. The lowest BCUT2D eigenvalue weighted by Crippen LogP contribution is -2.42. The molecule has 2 aromatic rings. The van der Waals surface area contributed by atoms with E-state index in [1.807, 2.05) is 6.92 Å². The van der Waals surface area contributed by atoms with Crippen LogP contribution in [0.2, 0.25) is 0 Å². The van der Waals surface area contributed by atoms with Crippen LogP contribution in [0.5, 0.6) is 0 Å². The van der Waals surface area contributed by atoms with Gasteiger partial charge < -0.3 is 10.2 Å². The molecule has 1 atom stereocenters. The van der Waals surface area contributed by atoms with Crippen molar-refractivity contribution >= 4 is 6.03 Å². The number of nitrogens with one attached hydrogen (secondary N) is 1. The van der Waals surface area contributed by atoms with E-state index in [1.54, 1.807) is 30.5 Å². The van der Waals surface area contributed by atoms with Gasteiger partial charge in [0.15, 0.2) is 0 Å². The van der Waals surface area contributed by atoms with Gasteiger partial charge in [-0.1, -0.05) is 29.3 Å². The maximum Gasteiger partial charge on any atom is 0.317 e. The lowest BCUT2D eigenvalue weighted by Gasteiger charge is -2.21. The quantitative estimate of drug-likeness (QED) is 0.923. The fourth-order valence-corrected chi connectivity index (χ4v) is 2.64. The molecule has 1 heterocycles. The highest BCUT2D eigenvalue weighted by molar-refractivity contribution is 5.74. The van der Waals surface area contributed by atoms with Crippen molar-refractivity contribution in [2.45, 2.75) is 39.8 Å². The van der Waals surface area contributed by atoms with Gasteiger partial charge in [0, 0.05) is 25.5 Å². The molecule has 1 aromatic carbocycles. The normalized spacial score (nSPS) is 11.8. The standard InChI is InChI=1S/C18H24N4O/c1-13-7-14(2)9-16(8-13)10-15(3)21-18(23)22(4)12-17-11-19-5-6-20-17/h5-9,11,15H,10,12H2,1-4H3,(H,21,23)/t15-/m0/s1. The van der Waals surface area contributed by atoms with Gasteiger partial charge in [0.05, 0.1) is 18.4 Å². The largest absolute Gasteiger partial charge is 0.335 e. The average Bonchev–Trinajstić information content (AvgIpc) is 2.46. The zero-order valence-corrected chi connectivity index (χ0v) is 14.2. The molecule has 0 bridgehead atoms. The van der Waals surface area contributed by atoms with Crippen LogP contribution in [-0.4, -0.2) is 34.0 Å². The predicted octanol–water partition coefficient (Wildman–Crippen LogP) is 2.87. The van der Waals surface area contributed by atoms with E-state index in [1.165, 1.54) is 16.7 Å². The van der Waals surface area contributed by atoms with E-state index >= 15 is 0 Å². The van der Waals surface area contributed by atoms with E-state index in [2.05, 4.69) is 47.3 Å². The molecule has 0 unspecified atom stereocenters. The van der Waals surface area contributed by atoms with Crippen LogP contribution in [-0.2, 0) is 13.0 Å². The number of carbonyl (C=O) groups excluding carboxylic acids is 1. The van der Waals surface area contributed by atoms with Gasteiger partial charge in [-0.3, -0.25) is 9.97 Å². The zero-order chi connectivity index (χ0) is 16.8. The van der Waals surface area contributed by atoms with Gasteiger partial charge in [-0.2, -0.15) is 0 Å². The van der Waals surface area contributed by atoms with Crippen molar-refractivity contribution in [2.75, 3.05) is 7.05 Å². The number of hydrogen-bond acceptors (Lipinski definition) is 3. The van der Waals surface area contributed by atoms with Crippen LogP contribution in [0.25, 0.3) is 0 Å². The molecule has 1 aromatic heterocycles. The van der Waals surface area contributed by atoms with Crippen molar-refractivity contribution in [1.82, 2.24) is 20.2 Å². The number of nitrogens with zero attached hydrogens (tertiary/aromatic N) is 3. The summed E-state index contributed by atoms with van der Waals surface area (Å²) < 4.78 is 0. The van der Waals surface area contributed by atoms with Crippen LogP contribution in [0.4, 0.5) is 4.79 Å². The van der Waals surface area contributed by atoms with Crippen molar-refractivity contribution in [3.63, 3.8) is 0 Å². The Labute approximate surface area is 137 Å². The van der Waals surface area contributed by atoms with E-state index in [9.17, 15) is 4.79 Å². The summed E-state index contributed by atoms with van der Waals surface area (Å²) in [5, 5.41) is 3.03. The first-order chi connectivity index (χ1) is 10.9. The second-order valence-corrected chi connectivity index (χ2v) is 6.10. The highest BCUT2D eigenvalue weighted by Gasteiger charge is 2.13. The Hall–Kier alpha value is -2.43. The number of aromatic nitrogens is 2. The third kappa shape index (κ3) is 5.36. The van der Waals surface area contributed by atoms with Crippen LogP contribution < -0.4 is 5.32 Å². The number of urea groups is 1. The van der Waals surface area contributed by atoms with Crippen molar-refractivity contribution in [3.8, 4) is 0 Å². The Morgan fingerprint density at radius 3 is 2.52 bits per heavy atom. The number of hydrogen-bond donors (Lipinski definition) is 1. The van der Waals surface area contributed by atoms with Crippen LogP contribution in [0.1, 0.15) is 29.3 Å². The summed E-state index contributed by atoms with van der Waals surface area (Å²) >= 11 is 0. The maximum absolute atomic E-state index is 12.2. The summed E-state index contributed by atoms with van der Waals surface area (Å²) in [5.74, 6) is 0. The second kappa shape index (κ2) is 7.72. The molecule has 23 heavy (non-hydrogen) atoms. The van der Waals surface area contributed by atoms with Gasteiger partial charge in [0.2, 0.25) is 0 Å². The molecule has 2 amide bonds. The Bertz CT molecular complexity index is 637. The Balaban J connectivity index is 1.88. The van der Waals surface area contributed by atoms with Crippen LogP contribution in [0, 0.1) is 13.8 Å². The molecule has 5 nitrogen and oxygen atoms in total. The summed E-state index contributed by atoms with van der Waals surface area (Å²) in [5.41, 5.74) is 4.51. The van der Waals surface area contributed by atoms with E-state index in [0.717, 1.165) is 12.1 Å². The minimum Gasteiger partial charge on any atom is -0.335 e. The minimum absolute atomic E-state index is 0.0630. The molecular weight excluding hydrogens is 288 g/mol. The lowest BCUT2D eigenvalue weighted by atomic mass is 10.0. The molecule has 0 aliphatic rings. The molecule has 0 fully saturated rings. The lowest BCUT2D eigenvalue weighted by molar-refractivity contribution is 0.203. The summed E-state index contributed by atoms with van der Waals surface area (Å²) in [7, 11) is 1.76. The monoisotopic (exact) mass is 312 g/mol. The van der Waals surface area contributed by atoms with Crippen molar-refractivity contribution in [1.29, 1.82) is 0 Å². The smallest absolute Gasteiger partial charge is 0.317 e. The molecule has 2 rings (SSSR count). The first-order valence-corrected chi connectivity index (χ1v) is 7.77. The minimum atomic E-state index is -0.104. The Kier molecular flexibility index (Phi) is 5.68. The van der Waals surface area contributed by atoms with Gasteiger partial charge in [-0.15, -0.1) is 0 Å². The van der Waals surface area contributed by atoms with Crippen molar-refractivity contribution in [3.05, 3.63) is 59.2 Å². The molecule has 0 spiro atoms. The fraction of sp³-hybridized carbons (Fsp3) is 0.389. The summed E-state index contributed by atoms with van der Waals surface area (Å²) in [6.07, 6.45) is 5.73. The summed E-state index contributed by atoms with van der Waals surface area (Å²) in [6.45, 7) is 6.64. The molecule has 0 aliphatic carbocycles. The van der Waals surface area contributed by atoms with E-state index in [-0.39, 0.29) is 12.1 Å². The van der Waals surface area contributed by atoms with Gasteiger partial charge in [-0.25, -0.2) is 4.79 Å². The number of rotatable bonds is 5. The molecule has 0 radical (unpaired) electrons. The molecule has 5 heteroatoms. The van der Waals surface area contributed by atoms with Crippen molar-refractivity contribution in [2.24, 2.45) is 0 Å². The third-order valence-corrected chi connectivity index (χ3v) is 3.56. The van der Waals surface area contributed by atoms with Crippen molar-refractivity contribution < 1.29 is 4.79 Å². The van der Waals surface area contributed by atoms with Crippen LogP contribution >= 0.6 is 0 Å². The second-order valence-electron chi connectivity index (χ2n) is 6.10. The van der Waals surface area contributed by atoms with E-state index < -0.39 is 0 Å². The van der Waals surface area contributed by atoms with Crippen LogP contribution in [0.15, 0.2) is 36.8 Å². The van der Waals surface area contributed by atoms with Gasteiger partial charge in [-0.05, 0) is 32.8 Å². The van der Waals surface area contributed by atoms with Gasteiger partial charge >= 0.3 is 6.03 Å². The summed E-state index contributed by atoms with van der Waals surface area (Å²) in [6, 6.07) is 6.44. The molecule has 1 N–H and O–H groups in total. The summed E-state index contributed by atoms with van der Waals surface area (Å²) in [4.78, 5) is 22.1. The fourth-order valence-electron chi connectivity index (χ4n) is 2.64. The Morgan fingerprint density at radius 1 is 1.22 bits per heavy atom. The number of amides is 2. The van der Waals surface area contributed by atoms with E-state index in [0.29, 0.717) is 6.54 Å². The number of carbonyl (C=O) groups is 1. The zero-order valence-electron chi connectivity index (χ0n) is 14.2. The first kappa shape index (κ1) is 16.9. The third-order valence-electron chi connectivity index (χ3n) is 3.56. The highest BCUT2D eigenvalue weighted by atomic mass is 16.2. The molecule has 0 saturated heterocycles. The van der Waals surface area contributed by atoms with E-state index in [4.69, 9.17) is 0 Å². The average molecular weight is 312 g/mol. The topological polar surface area (TPSA) is 58.1 Å². The SMILES string of the molecule is Cc1cc(C)cc(C[C@H](C)NC(=O)N(C)Cc2cnccn2)c1. The first-order valence-electron chi connectivity index (χ1n) is 7.77. The van der Waals surface area contributed by atoms with Gasteiger partial charge in [0.25, 0.3) is 0 Å². The Morgan fingerprint density at radius 2 is 1.91 bits per heavy atom. The van der Waals surface area contributed by atoms with Gasteiger partial charge in [0.1, 0.15) is 0 Å². The highest BCUT2D eigenvalue weighted by Crippen LogP contribution is 2.11. The number of benzene rings is 1.